The molecule has 3 rings (SSSR count). The number of carbonyl (C=O) groups excluding carboxylic acids is 21. The highest BCUT2D eigenvalue weighted by molar-refractivity contribution is 6.03. The van der Waals surface area contributed by atoms with Crippen LogP contribution in [0.1, 0.15) is 221 Å². The summed E-state index contributed by atoms with van der Waals surface area (Å²) in [6, 6.07) is 18.8. The Bertz CT molecular complexity index is 4290. The van der Waals surface area contributed by atoms with Crippen LogP contribution in [-0.2, 0) is 155 Å². The lowest BCUT2D eigenvalue weighted by Gasteiger charge is -2.15. The summed E-state index contributed by atoms with van der Waals surface area (Å²) in [6.07, 6.45) is 9.20. The van der Waals surface area contributed by atoms with Gasteiger partial charge in [-0.3, -0.25) is 86.4 Å². The highest BCUT2D eigenvalue weighted by Crippen LogP contribution is 2.20. The van der Waals surface area contributed by atoms with Gasteiger partial charge >= 0.3 is 71.6 Å². The van der Waals surface area contributed by atoms with Gasteiger partial charge in [-0.2, -0.15) is 4.89 Å². The lowest BCUT2D eigenvalue weighted by Crippen LogP contribution is -2.36. The molecule has 790 valence electrons. The van der Waals surface area contributed by atoms with Gasteiger partial charge in [-0.15, -0.1) is 0 Å². The van der Waals surface area contributed by atoms with Gasteiger partial charge in [0, 0.05) is 120 Å². The minimum absolute atomic E-state index is 0.00133. The minimum Gasteiger partial charge on any atom is -0.490 e. The molecule has 0 bridgehead atoms. The monoisotopic (exact) mass is 2010 g/mol. The number of carbonyl (C=O) groups is 21. The van der Waals surface area contributed by atoms with E-state index < -0.39 is 125 Å². The summed E-state index contributed by atoms with van der Waals surface area (Å²) < 4.78 is 63.7. The first kappa shape index (κ1) is 130. The number of benzene rings is 3. The molecule has 0 atom stereocenters. The molecular formula is C97H138N6O39. The van der Waals surface area contributed by atoms with E-state index in [0.29, 0.717) is 119 Å². The quantitative estimate of drug-likeness (QED) is 0.00524. The molecule has 3 aromatic rings. The predicted octanol–water partition coefficient (Wildman–Crippen LogP) is 5.00. The van der Waals surface area contributed by atoms with Gasteiger partial charge in [0.25, 0.3) is 0 Å². The molecule has 45 heteroatoms. The van der Waals surface area contributed by atoms with Crippen LogP contribution in [0, 0.1) is 0 Å². The molecular weight excluding hydrogens is 1870 g/mol. The summed E-state index contributed by atoms with van der Waals surface area (Å²) in [5.41, 5.74) is -2.58. The number of hydrogen-bond donors (Lipinski definition) is 9. The topological polar surface area (TPSA) is 630 Å². The van der Waals surface area contributed by atoms with E-state index >= 15 is 0 Å². The van der Waals surface area contributed by atoms with E-state index in [1.165, 1.54) is 79.7 Å². The molecule has 0 aromatic heterocycles. The van der Waals surface area contributed by atoms with E-state index in [1.54, 1.807) is 62.4 Å². The molecule has 0 aliphatic carbocycles. The third-order valence-electron chi connectivity index (χ3n) is 17.4. The maximum Gasteiger partial charge on any atom is 0.351 e. The Hall–Kier alpha value is -14.2. The second-order valence-corrected chi connectivity index (χ2v) is 31.2. The molecule has 0 heterocycles. The zero-order valence-electron chi connectivity index (χ0n) is 82.4. The van der Waals surface area contributed by atoms with Crippen LogP contribution in [0.2, 0.25) is 0 Å². The standard InChI is InChI=1S/C32H40N2O12.C20H28N2O7.C19H30N2O8.2C13H20O6/c1-31(2,41)29(39)22-7-5-21(6-8-22)13-16-45-46-28(38)20-26(36)34-15-14-33-25(35)19-27(37)44-18-17-43-24-11-9-23(10-12-24)30(40)32(3,4)42;1-4-16(23)21-9-10-22-17(24)13-18(25)29-12-11-28-15-7-5-14(6-8-15)19(26)20(2,3)27;1-3-15(22)20-9-10-21-16(23)14-19(26)27-11-7-5-6-8-18(25)29-13-12-28-17(24)4-2;2*1-3-12(15)18-9-10-19-13(16)7-5-4-6-8-17-11(2)14/h5-12,41-42H,13-20H2,1-4H3,(H,33,35)(H,34,36);5-8,27H,4,9-13H2,1-3H3,(H,21,23)(H,22,24);4H,2-3,5-14H2,1H3,(H,20,22)(H,21,23);2*3H,1,4-10H2,2H3. The smallest absolute Gasteiger partial charge is 0.351 e. The molecule has 142 heavy (non-hydrogen) atoms. The maximum absolute atomic E-state index is 12.0. The number of esters is 11. The van der Waals surface area contributed by atoms with Crippen molar-refractivity contribution in [3.63, 3.8) is 0 Å². The summed E-state index contributed by atoms with van der Waals surface area (Å²) in [5.74, 6) is -9.15. The first-order valence-electron chi connectivity index (χ1n) is 45.6. The highest BCUT2D eigenvalue weighted by Gasteiger charge is 2.28. The van der Waals surface area contributed by atoms with Crippen molar-refractivity contribution in [3.05, 3.63) is 133 Å². The van der Waals surface area contributed by atoms with Crippen LogP contribution in [0.25, 0.3) is 0 Å². The van der Waals surface area contributed by atoms with Gasteiger partial charge in [-0.1, -0.05) is 57.8 Å². The normalized spacial score (nSPS) is 10.4. The van der Waals surface area contributed by atoms with E-state index in [4.69, 9.17) is 52.3 Å². The number of rotatable bonds is 67. The molecule has 0 saturated heterocycles. The highest BCUT2D eigenvalue weighted by atomic mass is 17.2. The van der Waals surface area contributed by atoms with Crippen LogP contribution < -0.4 is 41.4 Å². The zero-order chi connectivity index (χ0) is 107. The van der Waals surface area contributed by atoms with Crippen LogP contribution in [-0.4, -0.2) is 288 Å². The summed E-state index contributed by atoms with van der Waals surface area (Å²) in [7, 11) is 0. The minimum atomic E-state index is -1.49. The second kappa shape index (κ2) is 78.6. The van der Waals surface area contributed by atoms with Crippen molar-refractivity contribution in [2.75, 3.05) is 132 Å². The Morgan fingerprint density at radius 1 is 0.289 bits per heavy atom. The van der Waals surface area contributed by atoms with Crippen molar-refractivity contribution < 1.29 is 187 Å². The third kappa shape index (κ3) is 74.8. The van der Waals surface area contributed by atoms with E-state index in [2.05, 4.69) is 70.7 Å². The summed E-state index contributed by atoms with van der Waals surface area (Å²) >= 11 is 0. The van der Waals surface area contributed by atoms with Crippen molar-refractivity contribution >= 4 is 124 Å². The zero-order valence-corrected chi connectivity index (χ0v) is 82.4. The van der Waals surface area contributed by atoms with Crippen LogP contribution in [0.5, 0.6) is 11.5 Å². The molecule has 0 aliphatic heterocycles. The molecule has 0 radical (unpaired) electrons. The van der Waals surface area contributed by atoms with Crippen molar-refractivity contribution in [2.45, 2.75) is 208 Å². The molecule has 0 aliphatic rings. The number of ketones is 3. The number of nitrogens with one attached hydrogen (secondary N) is 6. The van der Waals surface area contributed by atoms with Gasteiger partial charge in [0.05, 0.1) is 26.4 Å². The largest absolute Gasteiger partial charge is 0.490 e. The number of Topliss-reactive ketones (excluding diaryl/α,β-unsaturated/α-hetero) is 3. The Kier molecular flexibility index (Phi) is 71.8. The van der Waals surface area contributed by atoms with Crippen molar-refractivity contribution in [3.8, 4) is 11.5 Å². The maximum atomic E-state index is 12.0. The van der Waals surface area contributed by atoms with Gasteiger partial charge in [0.15, 0.2) is 17.3 Å². The summed E-state index contributed by atoms with van der Waals surface area (Å²) in [4.78, 5) is 248. The lowest BCUT2D eigenvalue weighted by atomic mass is 9.96. The second-order valence-electron chi connectivity index (χ2n) is 31.2. The number of unbranched alkanes of at least 4 members (excludes halogenated alkanes) is 6. The summed E-state index contributed by atoms with van der Waals surface area (Å²) in [5, 5.41) is 44.4. The Labute approximate surface area is 824 Å². The van der Waals surface area contributed by atoms with Gasteiger partial charge in [-0.25, -0.2) is 19.2 Å². The molecule has 0 fully saturated rings. The average Bonchev–Trinajstić information content (AvgIpc) is 0.856. The molecule has 3 aromatic carbocycles. The van der Waals surface area contributed by atoms with Crippen molar-refractivity contribution in [1.82, 2.24) is 31.9 Å². The van der Waals surface area contributed by atoms with Crippen LogP contribution in [0.15, 0.2) is 111 Å². The SMILES string of the molecule is C=CC(=O)OCCOC(=O)CCCCCOC(=O)CC(=O)NCCNC(=O)CC.C=CC(=O)OCCOC(=O)CCCCCOC(C)=O.C=CC(=O)OCCOC(=O)CCCCCOC(C)=O.CC(C)(O)C(=O)c1ccc(CCOOC(=O)CC(=O)NCCNC(=O)CC(=O)OCCOc2ccc(C(=O)C(C)(C)O)cc2)cc1.CCC(=O)NCCNC(=O)CC(=O)OCCOc1ccc(C(=O)C(C)(C)O)cc1. The first-order chi connectivity index (χ1) is 67.2. The lowest BCUT2D eigenvalue weighted by molar-refractivity contribution is -0.271. The third-order valence-corrected chi connectivity index (χ3v) is 17.4. The van der Waals surface area contributed by atoms with Crippen molar-refractivity contribution in [2.24, 2.45) is 0 Å². The fourth-order valence-electron chi connectivity index (χ4n) is 10.2. The fraction of sp³-hybridized carbons (Fsp3) is 0.536. The number of hydrogen-bond acceptors (Lipinski definition) is 39. The molecule has 6 amide bonds. The molecule has 45 nitrogen and oxygen atoms in total. The van der Waals surface area contributed by atoms with Gasteiger partial charge in [0.2, 0.25) is 35.4 Å². The molecule has 0 unspecified atom stereocenters. The number of aliphatic hydroxyl groups is 3. The van der Waals surface area contributed by atoms with Gasteiger partial charge in [0.1, 0.15) is 120 Å². The first-order valence-corrected chi connectivity index (χ1v) is 45.6. The predicted molar refractivity (Wildman–Crippen MR) is 503 cm³/mol. The average molecular weight is 2010 g/mol. The van der Waals surface area contributed by atoms with Crippen LogP contribution in [0.4, 0.5) is 0 Å². The van der Waals surface area contributed by atoms with Crippen LogP contribution >= 0.6 is 0 Å². The van der Waals surface area contributed by atoms with E-state index in [0.717, 1.165) is 49.5 Å². The van der Waals surface area contributed by atoms with Crippen LogP contribution in [0.3, 0.4) is 0 Å². The molecule has 9 N–H and O–H groups in total. The fourth-order valence-corrected chi connectivity index (χ4v) is 10.2. The Balaban J connectivity index is 0. The summed E-state index contributed by atoms with van der Waals surface area (Å²) in [6.45, 7) is 26.3. The van der Waals surface area contributed by atoms with E-state index in [-0.39, 0.29) is 154 Å². The van der Waals surface area contributed by atoms with E-state index in [9.17, 15) is 116 Å². The Morgan fingerprint density at radius 2 is 0.535 bits per heavy atom. The Morgan fingerprint density at radius 3 is 0.810 bits per heavy atom. The number of ether oxygens (including phenoxy) is 13. The molecule has 0 spiro atoms. The molecule has 0 saturated carbocycles. The van der Waals surface area contributed by atoms with E-state index in [1.807, 2.05) is 0 Å². The van der Waals surface area contributed by atoms with Gasteiger partial charge < -0.3 is 109 Å². The van der Waals surface area contributed by atoms with Gasteiger partial charge in [-0.05, 0) is 160 Å². The number of amides is 6. The van der Waals surface area contributed by atoms with Crippen molar-refractivity contribution in [1.29, 1.82) is 0 Å².